The predicted octanol–water partition coefficient (Wildman–Crippen LogP) is 4.56. The normalized spacial score (nSPS) is 10.5. The zero-order valence-electron chi connectivity index (χ0n) is 16.6. The number of hydrogen-bond donors (Lipinski definition) is 3. The summed E-state index contributed by atoms with van der Waals surface area (Å²) in [5.41, 5.74) is 5.80. The van der Waals surface area contributed by atoms with Gasteiger partial charge in [-0.15, -0.1) is 0 Å². The lowest BCUT2D eigenvalue weighted by Gasteiger charge is -2.12. The Bertz CT molecular complexity index is 1310. The fourth-order valence-electron chi connectivity index (χ4n) is 3.20. The Morgan fingerprint density at radius 1 is 0.969 bits per heavy atom. The highest BCUT2D eigenvalue weighted by Crippen LogP contribution is 2.29. The second-order valence-corrected chi connectivity index (χ2v) is 7.13. The van der Waals surface area contributed by atoms with Crippen molar-refractivity contribution in [2.75, 3.05) is 10.7 Å². The monoisotopic (exact) mass is 448 g/mol. The molecule has 1 amide bonds. The van der Waals surface area contributed by atoms with Crippen molar-refractivity contribution >= 4 is 45.6 Å². The summed E-state index contributed by atoms with van der Waals surface area (Å²) in [6.45, 7) is 0.222. The second kappa shape index (κ2) is 9.27. The largest absolute Gasteiger partial charge is 0.360 e. The Labute approximate surface area is 187 Å². The quantitative estimate of drug-likeness (QED) is 0.280. The molecule has 1 heterocycles. The van der Waals surface area contributed by atoms with E-state index in [1.54, 1.807) is 30.3 Å². The van der Waals surface area contributed by atoms with E-state index < -0.39 is 16.5 Å². The molecule has 0 saturated carbocycles. The van der Waals surface area contributed by atoms with Crippen molar-refractivity contribution in [3.8, 4) is 0 Å². The van der Waals surface area contributed by atoms with E-state index in [1.165, 1.54) is 0 Å². The van der Waals surface area contributed by atoms with Crippen molar-refractivity contribution in [3.63, 3.8) is 0 Å². The molecule has 0 atom stereocenters. The van der Waals surface area contributed by atoms with E-state index >= 15 is 0 Å². The van der Waals surface area contributed by atoms with Crippen LogP contribution < -0.4 is 16.2 Å². The van der Waals surface area contributed by atoms with Crippen LogP contribution in [0.2, 0.25) is 5.02 Å². The minimum atomic E-state index is -0.624. The lowest BCUT2D eigenvalue weighted by atomic mass is 10.0. The Morgan fingerprint density at radius 2 is 1.69 bits per heavy atom. The molecule has 0 aliphatic heterocycles. The number of fused-ring (bicyclic) bond motifs is 1. The maximum absolute atomic E-state index is 12.7. The van der Waals surface area contributed by atoms with Crippen molar-refractivity contribution in [1.82, 2.24) is 15.4 Å². The fourth-order valence-corrected chi connectivity index (χ4v) is 3.40. The molecule has 9 nitrogen and oxygen atoms in total. The number of amides is 1. The predicted molar refractivity (Wildman–Crippen MR) is 123 cm³/mol. The number of nitrogens with one attached hydrogen (secondary N) is 3. The molecule has 0 radical (unpaired) electrons. The van der Waals surface area contributed by atoms with E-state index in [1.807, 2.05) is 36.4 Å². The molecule has 10 heteroatoms. The van der Waals surface area contributed by atoms with Crippen LogP contribution in [-0.2, 0) is 6.54 Å². The van der Waals surface area contributed by atoms with Crippen LogP contribution in [0, 0.1) is 10.1 Å². The number of hydrazine groups is 1. The van der Waals surface area contributed by atoms with Crippen LogP contribution in [0.5, 0.6) is 0 Å². The third-order valence-corrected chi connectivity index (χ3v) is 5.11. The highest BCUT2D eigenvalue weighted by Gasteiger charge is 2.23. The van der Waals surface area contributed by atoms with E-state index in [-0.39, 0.29) is 18.2 Å². The molecule has 0 aliphatic carbocycles. The topological polar surface area (TPSA) is 122 Å². The Balaban J connectivity index is 1.54. The van der Waals surface area contributed by atoms with Gasteiger partial charge in [0.2, 0.25) is 11.6 Å². The van der Waals surface area contributed by atoms with Crippen LogP contribution in [-0.4, -0.2) is 20.8 Å². The number of carbonyl (C=O) groups excluding carboxylic acids is 1. The first-order valence-electron chi connectivity index (χ1n) is 9.55. The summed E-state index contributed by atoms with van der Waals surface area (Å²) in [5, 5.41) is 16.8. The number of hydrogen-bond acceptors (Lipinski definition) is 7. The minimum absolute atomic E-state index is 0.00757. The maximum atomic E-state index is 12.7. The number of halogens is 1. The summed E-state index contributed by atoms with van der Waals surface area (Å²) in [7, 11) is 0. The molecule has 0 fully saturated rings. The maximum Gasteiger partial charge on any atom is 0.354 e. The highest BCUT2D eigenvalue weighted by atomic mass is 35.5. The van der Waals surface area contributed by atoms with Crippen molar-refractivity contribution in [2.24, 2.45) is 0 Å². The fraction of sp³-hybridized carbons (Fsp3) is 0.0455. The van der Waals surface area contributed by atoms with E-state index in [0.717, 1.165) is 22.7 Å². The Hall–Kier alpha value is -4.24. The first-order chi connectivity index (χ1) is 15.5. The van der Waals surface area contributed by atoms with Crippen molar-refractivity contribution < 1.29 is 9.72 Å². The molecule has 4 aromatic rings. The molecule has 0 bridgehead atoms. The second-order valence-electron chi connectivity index (χ2n) is 6.73. The highest BCUT2D eigenvalue weighted by molar-refractivity contribution is 6.31. The van der Waals surface area contributed by atoms with Gasteiger partial charge in [0.15, 0.2) is 0 Å². The number of nitrogens with zero attached hydrogens (tertiary/aromatic N) is 3. The van der Waals surface area contributed by atoms with Crippen LogP contribution in [0.15, 0.2) is 73.1 Å². The van der Waals surface area contributed by atoms with Crippen LogP contribution in [0.1, 0.15) is 15.9 Å². The van der Waals surface area contributed by atoms with Crippen LogP contribution >= 0.6 is 11.6 Å². The summed E-state index contributed by atoms with van der Waals surface area (Å²) in [6.07, 6.45) is 1.16. The standard InChI is InChI=1S/C22H17ClN6O3/c23-18-11-4-2-7-15(18)12-24-20-19(29(31)32)21(26-13-25-20)27-28-22(30)17-10-5-8-14-6-1-3-9-16(14)17/h1-11,13H,12H2,(H,28,30)(H2,24,25,26,27). The number of anilines is 2. The van der Waals surface area contributed by atoms with Gasteiger partial charge in [-0.3, -0.25) is 25.8 Å². The molecule has 0 aliphatic rings. The van der Waals surface area contributed by atoms with E-state index in [2.05, 4.69) is 26.1 Å². The van der Waals surface area contributed by atoms with E-state index in [0.29, 0.717) is 10.6 Å². The molecule has 0 saturated heterocycles. The van der Waals surface area contributed by atoms with Gasteiger partial charge in [-0.25, -0.2) is 9.97 Å². The van der Waals surface area contributed by atoms with Gasteiger partial charge in [-0.2, -0.15) is 0 Å². The van der Waals surface area contributed by atoms with Gasteiger partial charge >= 0.3 is 5.69 Å². The van der Waals surface area contributed by atoms with E-state index in [4.69, 9.17) is 11.6 Å². The first-order valence-corrected chi connectivity index (χ1v) is 9.93. The van der Waals surface area contributed by atoms with Gasteiger partial charge in [0.05, 0.1) is 4.92 Å². The Morgan fingerprint density at radius 3 is 2.50 bits per heavy atom. The van der Waals surface area contributed by atoms with Crippen LogP contribution in [0.3, 0.4) is 0 Å². The number of nitro groups is 1. The smallest absolute Gasteiger partial charge is 0.354 e. The van der Waals surface area contributed by atoms with Gasteiger partial charge in [-0.05, 0) is 28.5 Å². The van der Waals surface area contributed by atoms with Gasteiger partial charge in [-0.1, -0.05) is 66.2 Å². The molecule has 3 aromatic carbocycles. The van der Waals surface area contributed by atoms with Crippen molar-refractivity contribution in [3.05, 3.63) is 99.3 Å². The molecule has 32 heavy (non-hydrogen) atoms. The van der Waals surface area contributed by atoms with Crippen LogP contribution in [0.25, 0.3) is 10.8 Å². The summed E-state index contributed by atoms with van der Waals surface area (Å²) in [4.78, 5) is 31.7. The summed E-state index contributed by atoms with van der Waals surface area (Å²) in [6, 6.07) is 19.9. The van der Waals surface area contributed by atoms with Gasteiger partial charge in [0.1, 0.15) is 6.33 Å². The molecular weight excluding hydrogens is 432 g/mol. The molecule has 0 spiro atoms. The average Bonchev–Trinajstić information content (AvgIpc) is 2.81. The summed E-state index contributed by atoms with van der Waals surface area (Å²) < 4.78 is 0. The minimum Gasteiger partial charge on any atom is -0.360 e. The SMILES string of the molecule is O=C(NNc1ncnc(NCc2ccccc2Cl)c1[N+](=O)[O-])c1cccc2ccccc12. The lowest BCUT2D eigenvalue weighted by Crippen LogP contribution is -2.30. The summed E-state index contributed by atoms with van der Waals surface area (Å²) in [5.74, 6) is -0.618. The summed E-state index contributed by atoms with van der Waals surface area (Å²) >= 11 is 6.14. The molecule has 0 unspecified atom stereocenters. The lowest BCUT2D eigenvalue weighted by molar-refractivity contribution is -0.383. The van der Waals surface area contributed by atoms with E-state index in [9.17, 15) is 14.9 Å². The number of carbonyl (C=O) groups is 1. The van der Waals surface area contributed by atoms with Crippen molar-refractivity contribution in [1.29, 1.82) is 0 Å². The molecule has 4 rings (SSSR count). The number of aromatic nitrogens is 2. The zero-order chi connectivity index (χ0) is 22.5. The molecular formula is C22H17ClN6O3. The molecule has 1 aromatic heterocycles. The number of benzene rings is 3. The van der Waals surface area contributed by atoms with Crippen LogP contribution in [0.4, 0.5) is 17.3 Å². The molecule has 3 N–H and O–H groups in total. The third-order valence-electron chi connectivity index (χ3n) is 4.74. The molecule has 160 valence electrons. The Kier molecular flexibility index (Phi) is 6.09. The average molecular weight is 449 g/mol. The zero-order valence-corrected chi connectivity index (χ0v) is 17.3. The van der Waals surface area contributed by atoms with Gasteiger partial charge in [0.25, 0.3) is 5.91 Å². The number of rotatable bonds is 7. The van der Waals surface area contributed by atoms with Gasteiger partial charge in [0, 0.05) is 17.1 Å². The van der Waals surface area contributed by atoms with Gasteiger partial charge < -0.3 is 5.32 Å². The first kappa shape index (κ1) is 21.0. The third kappa shape index (κ3) is 4.42. The van der Waals surface area contributed by atoms with Crippen molar-refractivity contribution in [2.45, 2.75) is 6.54 Å².